The van der Waals surface area contributed by atoms with Crippen LogP contribution in [0.3, 0.4) is 0 Å². The molecule has 2 aliphatic heterocycles. The minimum absolute atomic E-state index is 0. The van der Waals surface area contributed by atoms with E-state index < -0.39 is 27.6 Å². The molecule has 0 spiro atoms. The van der Waals surface area contributed by atoms with Gasteiger partial charge in [0.2, 0.25) is 10.0 Å². The normalized spacial score (nSPS) is 22.1. The molecule has 210 valence electrons. The Bertz CT molecular complexity index is 1300. The first-order valence-corrected chi connectivity index (χ1v) is 13.5. The first-order valence-electron chi connectivity index (χ1n) is 12.0. The zero-order valence-electron chi connectivity index (χ0n) is 21.1. The number of imide groups is 1. The van der Waals surface area contributed by atoms with Crippen LogP contribution in [0.5, 0.6) is 0 Å². The molecule has 2 heterocycles. The molecule has 0 aromatic heterocycles. The van der Waals surface area contributed by atoms with Crippen molar-refractivity contribution in [2.75, 3.05) is 26.7 Å². The van der Waals surface area contributed by atoms with Gasteiger partial charge in [0.1, 0.15) is 0 Å². The maximum absolute atomic E-state index is 13.8. The molecule has 2 fully saturated rings. The van der Waals surface area contributed by atoms with Crippen LogP contribution in [0.15, 0.2) is 47.4 Å². The molecule has 3 amide bonds. The number of halogens is 2. The largest absolute Gasteiger partial charge is 0.370 e. The summed E-state index contributed by atoms with van der Waals surface area (Å²) in [5.41, 5.74) is 9.47. The number of likely N-dealkylation sites (N-methyl/N-ethyl adjacent to an activating group) is 1. The number of carbonyl (C=O) groups is 2. The molecule has 38 heavy (non-hydrogen) atoms. The predicted octanol–water partition coefficient (Wildman–Crippen LogP) is 2.04. The van der Waals surface area contributed by atoms with Crippen LogP contribution >= 0.6 is 24.8 Å². The Hall–Kier alpha value is -2.64. The number of hydrogen-bond acceptors (Lipinski definition) is 6. The van der Waals surface area contributed by atoms with Crippen molar-refractivity contribution in [2.24, 2.45) is 11.5 Å². The molecule has 6 N–H and O–H groups in total. The molecule has 4 rings (SSSR count). The second-order valence-corrected chi connectivity index (χ2v) is 11.1. The minimum atomic E-state index is -4.19. The van der Waals surface area contributed by atoms with Crippen molar-refractivity contribution < 1.29 is 18.0 Å². The van der Waals surface area contributed by atoms with Gasteiger partial charge in [-0.2, -0.15) is 4.72 Å². The average molecular weight is 589 g/mol. The SMILES string of the molecule is CN(C(N)=O)C(=O)C1(NS(=O)(=O)c2ccc3ccccc3c2)CCCCN1C1CCCN(C(=N)N)C1.Cl.Cl. The van der Waals surface area contributed by atoms with Crippen molar-refractivity contribution in [3.8, 4) is 0 Å². The van der Waals surface area contributed by atoms with Gasteiger partial charge in [0, 0.05) is 32.7 Å². The third-order valence-corrected chi connectivity index (χ3v) is 8.66. The van der Waals surface area contributed by atoms with Gasteiger partial charge in [0.25, 0.3) is 5.91 Å². The van der Waals surface area contributed by atoms with Crippen LogP contribution in [0.25, 0.3) is 10.8 Å². The molecule has 2 saturated heterocycles. The quantitative estimate of drug-likeness (QED) is 0.306. The van der Waals surface area contributed by atoms with Crippen molar-refractivity contribution >= 4 is 63.5 Å². The summed E-state index contributed by atoms with van der Waals surface area (Å²) >= 11 is 0. The second kappa shape index (κ2) is 12.5. The lowest BCUT2D eigenvalue weighted by Crippen LogP contribution is -2.73. The molecule has 0 aliphatic carbocycles. The number of nitrogens with one attached hydrogen (secondary N) is 2. The van der Waals surface area contributed by atoms with Crippen LogP contribution in [0, 0.1) is 5.41 Å². The first kappa shape index (κ1) is 31.6. The predicted molar refractivity (Wildman–Crippen MR) is 151 cm³/mol. The fourth-order valence-corrected chi connectivity index (χ4v) is 6.69. The Balaban J connectivity index is 0.00000253. The van der Waals surface area contributed by atoms with Crippen molar-refractivity contribution in [1.29, 1.82) is 5.41 Å². The highest BCUT2D eigenvalue weighted by molar-refractivity contribution is 7.89. The van der Waals surface area contributed by atoms with E-state index in [-0.39, 0.29) is 48.1 Å². The standard InChI is InChI=1S/C24H33N7O4S.2ClH/c1-29(23(27)33)21(32)24(12-4-5-14-31(24)19-9-6-13-30(16-19)22(25)26)28-36(34,35)20-11-10-17-7-2-3-8-18(17)15-20;;/h2-3,7-8,10-11,15,19,28H,4-6,9,12-14,16H2,1H3,(H3,25,26)(H2,27,33);2*1H. The van der Waals surface area contributed by atoms with Crippen LogP contribution in [-0.4, -0.2) is 79.4 Å². The molecule has 0 radical (unpaired) electrons. The Kier molecular flexibility index (Phi) is 10.4. The molecular weight excluding hydrogens is 553 g/mol. The van der Waals surface area contributed by atoms with Gasteiger partial charge in [-0.25, -0.2) is 13.2 Å². The van der Waals surface area contributed by atoms with E-state index in [0.29, 0.717) is 32.5 Å². The number of amides is 3. The Morgan fingerprint density at radius 3 is 2.39 bits per heavy atom. The highest BCUT2D eigenvalue weighted by atomic mass is 35.5. The first-order chi connectivity index (χ1) is 17.0. The number of nitrogens with two attached hydrogens (primary N) is 2. The number of hydrogen-bond donors (Lipinski definition) is 4. The summed E-state index contributed by atoms with van der Waals surface area (Å²) in [6.07, 6.45) is 2.93. The summed E-state index contributed by atoms with van der Waals surface area (Å²) in [4.78, 5) is 30.2. The molecule has 0 bridgehead atoms. The average Bonchev–Trinajstić information content (AvgIpc) is 2.87. The summed E-state index contributed by atoms with van der Waals surface area (Å²) in [6, 6.07) is 11.0. The van der Waals surface area contributed by atoms with E-state index in [1.165, 1.54) is 13.1 Å². The van der Waals surface area contributed by atoms with Gasteiger partial charge in [0.15, 0.2) is 11.6 Å². The fourth-order valence-electron chi connectivity index (χ4n) is 5.30. The summed E-state index contributed by atoms with van der Waals surface area (Å²) in [5.74, 6) is -0.793. The van der Waals surface area contributed by atoms with E-state index in [9.17, 15) is 18.0 Å². The van der Waals surface area contributed by atoms with E-state index in [0.717, 1.165) is 28.5 Å². The second-order valence-electron chi connectivity index (χ2n) is 9.45. The van der Waals surface area contributed by atoms with Gasteiger partial charge < -0.3 is 16.4 Å². The van der Waals surface area contributed by atoms with Crippen molar-refractivity contribution in [2.45, 2.75) is 48.7 Å². The lowest BCUT2D eigenvalue weighted by atomic mass is 9.90. The molecule has 2 aromatic carbocycles. The van der Waals surface area contributed by atoms with Crippen LogP contribution in [0.2, 0.25) is 0 Å². The smallest absolute Gasteiger partial charge is 0.321 e. The van der Waals surface area contributed by atoms with E-state index in [2.05, 4.69) is 4.72 Å². The molecule has 2 aromatic rings. The molecular formula is C24H35Cl2N7O4S. The van der Waals surface area contributed by atoms with Crippen molar-refractivity contribution in [3.05, 3.63) is 42.5 Å². The van der Waals surface area contributed by atoms with Gasteiger partial charge in [-0.1, -0.05) is 30.3 Å². The number of piperidine rings is 2. The van der Waals surface area contributed by atoms with Crippen molar-refractivity contribution in [1.82, 2.24) is 19.4 Å². The number of rotatable bonds is 5. The zero-order chi connectivity index (χ0) is 26.1. The van der Waals surface area contributed by atoms with Crippen molar-refractivity contribution in [3.63, 3.8) is 0 Å². The lowest BCUT2D eigenvalue weighted by molar-refractivity contribution is -0.147. The number of fused-ring (bicyclic) bond motifs is 1. The van der Waals surface area contributed by atoms with Gasteiger partial charge in [-0.05, 0) is 55.0 Å². The summed E-state index contributed by atoms with van der Waals surface area (Å²) in [6.45, 7) is 1.43. The highest BCUT2D eigenvalue weighted by Gasteiger charge is 2.53. The number of benzene rings is 2. The molecule has 2 atom stereocenters. The van der Waals surface area contributed by atoms with E-state index in [1.807, 2.05) is 29.2 Å². The zero-order valence-corrected chi connectivity index (χ0v) is 23.6. The molecule has 2 unspecified atom stereocenters. The topological polar surface area (TPSA) is 166 Å². The molecule has 0 saturated carbocycles. The summed E-state index contributed by atoms with van der Waals surface area (Å²) < 4.78 is 30.2. The molecule has 14 heteroatoms. The lowest BCUT2D eigenvalue weighted by Gasteiger charge is -2.52. The van der Waals surface area contributed by atoms with Gasteiger partial charge in [-0.3, -0.25) is 20.0 Å². The number of nitrogens with zero attached hydrogens (tertiary/aromatic N) is 3. The monoisotopic (exact) mass is 587 g/mol. The fraction of sp³-hybridized carbons (Fsp3) is 0.458. The number of guanidine groups is 1. The number of primary amides is 1. The van der Waals surface area contributed by atoms with E-state index in [4.69, 9.17) is 16.9 Å². The Labute approximate surface area is 235 Å². The minimum Gasteiger partial charge on any atom is -0.370 e. The van der Waals surface area contributed by atoms with Crippen LogP contribution in [-0.2, 0) is 14.8 Å². The summed E-state index contributed by atoms with van der Waals surface area (Å²) in [5, 5.41) is 9.50. The van der Waals surface area contributed by atoms with Crippen LogP contribution < -0.4 is 16.2 Å². The number of likely N-dealkylation sites (tertiary alicyclic amines) is 2. The maximum atomic E-state index is 13.8. The third-order valence-electron chi connectivity index (χ3n) is 7.18. The maximum Gasteiger partial charge on any atom is 0.321 e. The third kappa shape index (κ3) is 6.15. The van der Waals surface area contributed by atoms with Crippen LogP contribution in [0.4, 0.5) is 4.79 Å². The Morgan fingerprint density at radius 2 is 1.74 bits per heavy atom. The Morgan fingerprint density at radius 1 is 1.05 bits per heavy atom. The van der Waals surface area contributed by atoms with Gasteiger partial charge >= 0.3 is 6.03 Å². The van der Waals surface area contributed by atoms with Gasteiger partial charge in [0.05, 0.1) is 4.90 Å². The van der Waals surface area contributed by atoms with Crippen LogP contribution in [0.1, 0.15) is 32.1 Å². The molecule has 2 aliphatic rings. The van der Waals surface area contributed by atoms with E-state index in [1.54, 1.807) is 17.0 Å². The number of carbonyl (C=O) groups excluding carboxylic acids is 2. The van der Waals surface area contributed by atoms with E-state index >= 15 is 0 Å². The molecule has 11 nitrogen and oxygen atoms in total. The highest BCUT2D eigenvalue weighted by Crippen LogP contribution is 2.34. The number of sulfonamides is 1. The number of urea groups is 1. The van der Waals surface area contributed by atoms with Gasteiger partial charge in [-0.15, -0.1) is 24.8 Å². The summed E-state index contributed by atoms with van der Waals surface area (Å²) in [7, 11) is -2.93.